The van der Waals surface area contributed by atoms with Crippen LogP contribution in [0.5, 0.6) is 0 Å². The minimum Gasteiger partial charge on any atom is -0.457 e. The van der Waals surface area contributed by atoms with Crippen molar-refractivity contribution in [3.63, 3.8) is 0 Å². The third-order valence-corrected chi connectivity index (χ3v) is 10.1. The number of ketones is 2. The number of rotatable bonds is 6. The van der Waals surface area contributed by atoms with Crippen molar-refractivity contribution in [3.8, 4) is 0 Å². The Hall–Kier alpha value is -2.68. The molecule has 0 amide bonds. The maximum absolute atomic E-state index is 14.0. The molecule has 7 unspecified atom stereocenters. The lowest BCUT2D eigenvalue weighted by atomic mass is 9.46. The normalized spacial score (nSPS) is 34.8. The monoisotopic (exact) mass is 638 g/mol. The Morgan fingerprint density at radius 1 is 0.860 bits per heavy atom. The second kappa shape index (κ2) is 10.5. The van der Waals surface area contributed by atoms with Gasteiger partial charge in [-0.05, 0) is 67.3 Å². The fourth-order valence-electron chi connectivity index (χ4n) is 8.06. The number of carbonyl (C=O) groups excluding carboxylic acids is 4. The number of hydrogen-bond donors (Lipinski definition) is 0. The van der Waals surface area contributed by atoms with Crippen molar-refractivity contribution in [3.05, 3.63) is 11.6 Å². The smallest absolute Gasteiger partial charge is 0.457 e. The molecule has 0 saturated heterocycles. The van der Waals surface area contributed by atoms with Crippen LogP contribution >= 0.6 is 0 Å². The van der Waals surface area contributed by atoms with Crippen LogP contribution in [-0.4, -0.2) is 60.4 Å². The van der Waals surface area contributed by atoms with Gasteiger partial charge in [-0.1, -0.05) is 19.4 Å². The fraction of sp³-hybridized carbons (Fsp3) is 0.778. The summed E-state index contributed by atoms with van der Waals surface area (Å²) >= 11 is 0. The lowest BCUT2D eigenvalue weighted by Gasteiger charge is -2.60. The molecule has 0 aromatic carbocycles. The van der Waals surface area contributed by atoms with Crippen LogP contribution < -0.4 is 0 Å². The first-order valence-corrected chi connectivity index (χ1v) is 13.5. The zero-order valence-corrected chi connectivity index (χ0v) is 22.9. The van der Waals surface area contributed by atoms with E-state index in [2.05, 4.69) is 4.74 Å². The Morgan fingerprint density at radius 2 is 1.44 bits per heavy atom. The molecule has 4 aliphatic carbocycles. The molecule has 16 heteroatoms. The van der Waals surface area contributed by atoms with Crippen LogP contribution in [0.15, 0.2) is 11.6 Å². The number of esters is 2. The van der Waals surface area contributed by atoms with Gasteiger partial charge in [-0.15, -0.1) is 0 Å². The van der Waals surface area contributed by atoms with Crippen molar-refractivity contribution in [2.75, 3.05) is 6.61 Å². The number of carbonyl (C=O) groups is 4. The molecule has 0 aromatic rings. The Labute approximate surface area is 238 Å². The van der Waals surface area contributed by atoms with E-state index in [-0.39, 0.29) is 31.5 Å². The SMILES string of the molecule is CC12CCC(=O)C=C1CCC1C2C(OC(=O)C(F)(F)C(F)(F)F)CC2(C)C(C(=O)COC(=O)C(F)(F)C(F)(F)F)CCC12. The largest absolute Gasteiger partial charge is 0.465 e. The summed E-state index contributed by atoms with van der Waals surface area (Å²) < 4.78 is 140. The van der Waals surface area contributed by atoms with Crippen LogP contribution in [0.25, 0.3) is 0 Å². The zero-order chi connectivity index (χ0) is 32.6. The molecule has 6 nitrogen and oxygen atoms in total. The van der Waals surface area contributed by atoms with Gasteiger partial charge in [-0.3, -0.25) is 9.59 Å². The average Bonchev–Trinajstić information content (AvgIpc) is 3.22. The molecule has 0 bridgehead atoms. The quantitative estimate of drug-likeness (QED) is 0.256. The first kappa shape index (κ1) is 33.2. The van der Waals surface area contributed by atoms with Crippen molar-refractivity contribution in [2.45, 2.75) is 89.1 Å². The minimum atomic E-state index is -6.28. The van der Waals surface area contributed by atoms with E-state index < -0.39 is 95.6 Å². The summed E-state index contributed by atoms with van der Waals surface area (Å²) in [6, 6.07) is 0. The second-order valence-electron chi connectivity index (χ2n) is 12.4. The molecular formula is C27H28F10O6. The molecule has 43 heavy (non-hydrogen) atoms. The van der Waals surface area contributed by atoms with Gasteiger partial charge in [-0.25, -0.2) is 9.59 Å². The summed E-state index contributed by atoms with van der Waals surface area (Å²) in [6.45, 7) is 1.73. The summed E-state index contributed by atoms with van der Waals surface area (Å²) in [6.07, 6.45) is -11.9. The first-order chi connectivity index (χ1) is 19.5. The number of fused-ring (bicyclic) bond motifs is 5. The first-order valence-electron chi connectivity index (χ1n) is 13.5. The van der Waals surface area contributed by atoms with Crippen molar-refractivity contribution in [1.82, 2.24) is 0 Å². The van der Waals surface area contributed by atoms with E-state index in [0.29, 0.717) is 18.4 Å². The number of ether oxygens (including phenoxy) is 2. The maximum Gasteiger partial charge on any atom is 0.465 e. The number of alkyl halides is 10. The molecule has 0 N–H and O–H groups in total. The average molecular weight is 638 g/mol. The van der Waals surface area contributed by atoms with Gasteiger partial charge in [0.25, 0.3) is 0 Å². The number of hydrogen-bond acceptors (Lipinski definition) is 6. The van der Waals surface area contributed by atoms with Crippen LogP contribution in [0, 0.1) is 34.5 Å². The van der Waals surface area contributed by atoms with Crippen LogP contribution in [0.2, 0.25) is 0 Å². The summed E-state index contributed by atoms with van der Waals surface area (Å²) in [7, 11) is 0. The van der Waals surface area contributed by atoms with Gasteiger partial charge in [0, 0.05) is 18.3 Å². The molecule has 0 aromatic heterocycles. The van der Waals surface area contributed by atoms with Crippen LogP contribution in [0.1, 0.15) is 58.8 Å². The summed E-state index contributed by atoms with van der Waals surface area (Å²) in [5, 5.41) is 0. The second-order valence-corrected chi connectivity index (χ2v) is 12.4. The van der Waals surface area contributed by atoms with Gasteiger partial charge in [0.15, 0.2) is 18.2 Å². The van der Waals surface area contributed by atoms with Gasteiger partial charge in [0.05, 0.1) is 0 Å². The van der Waals surface area contributed by atoms with E-state index in [1.807, 2.05) is 0 Å². The van der Waals surface area contributed by atoms with Crippen LogP contribution in [-0.2, 0) is 28.7 Å². The molecule has 0 spiro atoms. The van der Waals surface area contributed by atoms with Gasteiger partial charge in [0.2, 0.25) is 0 Å². The summed E-state index contributed by atoms with van der Waals surface area (Å²) in [5.74, 6) is -21.8. The Bertz CT molecular complexity index is 1220. The lowest BCUT2D eigenvalue weighted by Crippen LogP contribution is -2.59. The van der Waals surface area contributed by atoms with E-state index in [1.165, 1.54) is 13.0 Å². The Balaban J connectivity index is 1.65. The highest BCUT2D eigenvalue weighted by molar-refractivity contribution is 5.91. The predicted octanol–water partition coefficient (Wildman–Crippen LogP) is 6.16. The molecule has 3 fully saturated rings. The minimum absolute atomic E-state index is 0.0215. The maximum atomic E-state index is 14.0. The molecule has 0 heterocycles. The topological polar surface area (TPSA) is 86.7 Å². The highest BCUT2D eigenvalue weighted by Crippen LogP contribution is 2.67. The third kappa shape index (κ3) is 5.33. The Kier molecular flexibility index (Phi) is 8.08. The van der Waals surface area contributed by atoms with E-state index in [0.717, 1.165) is 0 Å². The number of Topliss-reactive ketones (excluding diaryl/α,β-unsaturated/α-hetero) is 1. The molecule has 7 atom stereocenters. The van der Waals surface area contributed by atoms with Crippen molar-refractivity contribution >= 4 is 23.5 Å². The lowest BCUT2D eigenvalue weighted by molar-refractivity contribution is -0.286. The third-order valence-electron chi connectivity index (χ3n) is 10.1. The van der Waals surface area contributed by atoms with Gasteiger partial charge in [-0.2, -0.15) is 43.9 Å². The van der Waals surface area contributed by atoms with Crippen LogP contribution in [0.4, 0.5) is 43.9 Å². The van der Waals surface area contributed by atoms with Gasteiger partial charge < -0.3 is 9.47 Å². The predicted molar refractivity (Wildman–Crippen MR) is 123 cm³/mol. The zero-order valence-electron chi connectivity index (χ0n) is 22.9. The molecule has 4 aliphatic rings. The molecule has 242 valence electrons. The molecular weight excluding hydrogens is 610 g/mol. The number of halogens is 10. The van der Waals surface area contributed by atoms with Crippen molar-refractivity contribution in [2.24, 2.45) is 34.5 Å². The number of allylic oxidation sites excluding steroid dienone is 1. The fourth-order valence-corrected chi connectivity index (χ4v) is 8.06. The molecule has 0 aliphatic heterocycles. The van der Waals surface area contributed by atoms with Gasteiger partial charge >= 0.3 is 36.1 Å². The molecule has 4 rings (SSSR count). The highest BCUT2D eigenvalue weighted by atomic mass is 19.4. The Morgan fingerprint density at radius 3 is 2.02 bits per heavy atom. The van der Waals surface area contributed by atoms with E-state index in [9.17, 15) is 63.1 Å². The standard InChI is InChI=1S/C27H28F10O6/c1-22-8-7-13(38)9-12(22)3-4-14-15-5-6-16(17(39)11-42-20(40)24(28,29)26(32,33)34)23(15,2)10-18(19(14)22)43-21(41)25(30,31)27(35,36)37/h9,14-16,18-19H,3-8,10-11H2,1-2H3. The molecule has 0 radical (unpaired) electrons. The molecule has 3 saturated carbocycles. The van der Waals surface area contributed by atoms with E-state index >= 15 is 0 Å². The van der Waals surface area contributed by atoms with E-state index in [4.69, 9.17) is 4.74 Å². The van der Waals surface area contributed by atoms with Crippen molar-refractivity contribution in [1.29, 1.82) is 0 Å². The summed E-state index contributed by atoms with van der Waals surface area (Å²) in [4.78, 5) is 48.9. The van der Waals surface area contributed by atoms with Gasteiger partial charge in [0.1, 0.15) is 6.10 Å². The summed E-state index contributed by atoms with van der Waals surface area (Å²) in [5.41, 5.74) is -1.57. The van der Waals surface area contributed by atoms with Crippen LogP contribution in [0.3, 0.4) is 0 Å². The van der Waals surface area contributed by atoms with Crippen molar-refractivity contribution < 1.29 is 72.6 Å². The van der Waals surface area contributed by atoms with E-state index in [1.54, 1.807) is 6.92 Å². The highest BCUT2D eigenvalue weighted by Gasteiger charge is 2.69.